The Labute approximate surface area is 121 Å². The molecule has 0 saturated carbocycles. The van der Waals surface area contributed by atoms with Gasteiger partial charge in [-0.2, -0.15) is 0 Å². The van der Waals surface area contributed by atoms with Gasteiger partial charge in [0.15, 0.2) is 0 Å². The van der Waals surface area contributed by atoms with E-state index in [1.807, 2.05) is 25.1 Å². The number of nitrogens with one attached hydrogen (secondary N) is 1. The van der Waals surface area contributed by atoms with Crippen molar-refractivity contribution in [2.24, 2.45) is 0 Å². The number of hydrogen-bond acceptors (Lipinski definition) is 3. The molecule has 106 valence electrons. The lowest BCUT2D eigenvalue weighted by molar-refractivity contribution is 0.0691. The van der Waals surface area contributed by atoms with E-state index in [1.165, 1.54) is 6.07 Å². The van der Waals surface area contributed by atoms with Crippen LogP contribution in [0.5, 0.6) is 5.75 Å². The summed E-state index contributed by atoms with van der Waals surface area (Å²) >= 11 is 0. The van der Waals surface area contributed by atoms with Crippen LogP contribution in [0, 0.1) is 6.92 Å². The largest absolute Gasteiger partial charge is 0.485 e. The number of aromatic nitrogens is 2. The lowest BCUT2D eigenvalue weighted by atomic mass is 10.2. The van der Waals surface area contributed by atoms with Crippen LogP contribution in [0.25, 0.3) is 11.0 Å². The average molecular weight is 282 g/mol. The number of rotatable bonds is 4. The van der Waals surface area contributed by atoms with E-state index in [0.29, 0.717) is 11.6 Å². The molecule has 0 bridgehead atoms. The van der Waals surface area contributed by atoms with Gasteiger partial charge in [0.25, 0.3) is 0 Å². The number of carboxylic acid groups (broad SMARTS) is 1. The number of aryl methyl sites for hydroxylation is 1. The average Bonchev–Trinajstić information content (AvgIpc) is 2.87. The maximum absolute atomic E-state index is 11.1. The first-order valence-corrected chi connectivity index (χ1v) is 6.54. The van der Waals surface area contributed by atoms with Gasteiger partial charge in [0.05, 0.1) is 11.0 Å². The highest BCUT2D eigenvalue weighted by Crippen LogP contribution is 2.20. The van der Waals surface area contributed by atoms with Crippen LogP contribution in [0.4, 0.5) is 0 Å². The minimum absolute atomic E-state index is 0.143. The van der Waals surface area contributed by atoms with Crippen LogP contribution in [-0.4, -0.2) is 21.0 Å². The molecule has 3 rings (SSSR count). The van der Waals surface area contributed by atoms with Gasteiger partial charge in [-0.05, 0) is 36.8 Å². The van der Waals surface area contributed by atoms with Crippen molar-refractivity contribution in [3.8, 4) is 5.75 Å². The third-order valence-electron chi connectivity index (χ3n) is 3.17. The van der Waals surface area contributed by atoms with Gasteiger partial charge in [0, 0.05) is 0 Å². The Morgan fingerprint density at radius 2 is 2.10 bits per heavy atom. The fraction of sp³-hybridized carbons (Fsp3) is 0.125. The van der Waals surface area contributed by atoms with E-state index in [2.05, 4.69) is 9.97 Å². The number of imidazole rings is 1. The third-order valence-corrected chi connectivity index (χ3v) is 3.17. The van der Waals surface area contributed by atoms with Crippen molar-refractivity contribution >= 4 is 17.0 Å². The van der Waals surface area contributed by atoms with E-state index in [-0.39, 0.29) is 12.2 Å². The Morgan fingerprint density at radius 3 is 2.90 bits per heavy atom. The number of ether oxygens (including phenoxy) is 1. The zero-order valence-corrected chi connectivity index (χ0v) is 11.5. The zero-order valence-electron chi connectivity index (χ0n) is 11.5. The van der Waals surface area contributed by atoms with Crippen molar-refractivity contribution < 1.29 is 14.6 Å². The highest BCUT2D eigenvalue weighted by molar-refractivity contribution is 5.90. The topological polar surface area (TPSA) is 75.2 Å². The molecule has 0 aliphatic heterocycles. The second-order valence-electron chi connectivity index (χ2n) is 4.79. The monoisotopic (exact) mass is 282 g/mol. The van der Waals surface area contributed by atoms with Crippen molar-refractivity contribution in [2.75, 3.05) is 0 Å². The molecular weight excluding hydrogens is 268 g/mol. The van der Waals surface area contributed by atoms with Crippen molar-refractivity contribution in [1.29, 1.82) is 0 Å². The van der Waals surface area contributed by atoms with Crippen LogP contribution < -0.4 is 4.74 Å². The number of aromatic amines is 1. The number of para-hydroxylation sites is 1. The van der Waals surface area contributed by atoms with Crippen LogP contribution in [0.3, 0.4) is 0 Å². The highest BCUT2D eigenvalue weighted by Gasteiger charge is 2.11. The molecule has 0 radical (unpaired) electrons. The van der Waals surface area contributed by atoms with Crippen molar-refractivity contribution in [2.45, 2.75) is 13.5 Å². The van der Waals surface area contributed by atoms with E-state index < -0.39 is 5.97 Å². The first-order chi connectivity index (χ1) is 10.1. The van der Waals surface area contributed by atoms with Gasteiger partial charge in [-0.25, -0.2) is 9.78 Å². The van der Waals surface area contributed by atoms with Gasteiger partial charge >= 0.3 is 5.97 Å². The van der Waals surface area contributed by atoms with Crippen LogP contribution >= 0.6 is 0 Å². The molecule has 5 heteroatoms. The Morgan fingerprint density at radius 1 is 1.29 bits per heavy atom. The summed E-state index contributed by atoms with van der Waals surface area (Å²) < 4.78 is 5.57. The SMILES string of the molecule is Cc1ccc2nc(COc3ccccc3C(=O)O)[nH]c2c1. The van der Waals surface area contributed by atoms with Gasteiger partial charge < -0.3 is 14.8 Å². The first kappa shape index (κ1) is 13.2. The number of carboxylic acids is 1. The van der Waals surface area contributed by atoms with Gasteiger partial charge in [0.2, 0.25) is 0 Å². The minimum Gasteiger partial charge on any atom is -0.485 e. The quantitative estimate of drug-likeness (QED) is 0.770. The standard InChI is InChI=1S/C16H14N2O3/c1-10-6-7-12-13(8-10)18-15(17-12)9-21-14-5-3-2-4-11(14)16(19)20/h2-8H,9H2,1H3,(H,17,18)(H,19,20). The second kappa shape index (κ2) is 5.28. The molecule has 0 atom stereocenters. The lowest BCUT2D eigenvalue weighted by Gasteiger charge is -2.06. The number of aromatic carboxylic acids is 1. The van der Waals surface area contributed by atoms with Gasteiger partial charge in [-0.3, -0.25) is 0 Å². The third kappa shape index (κ3) is 2.72. The van der Waals surface area contributed by atoms with Crippen molar-refractivity contribution in [3.63, 3.8) is 0 Å². The number of benzene rings is 2. The number of fused-ring (bicyclic) bond motifs is 1. The summed E-state index contributed by atoms with van der Waals surface area (Å²) in [6.45, 7) is 2.21. The summed E-state index contributed by atoms with van der Waals surface area (Å²) in [7, 11) is 0. The summed E-state index contributed by atoms with van der Waals surface area (Å²) in [5.74, 6) is -0.0109. The molecule has 0 amide bonds. The van der Waals surface area contributed by atoms with Crippen LogP contribution in [0.2, 0.25) is 0 Å². The van der Waals surface area contributed by atoms with Crippen LogP contribution in [0.15, 0.2) is 42.5 Å². The van der Waals surface area contributed by atoms with Crippen molar-refractivity contribution in [1.82, 2.24) is 9.97 Å². The van der Waals surface area contributed by atoms with E-state index >= 15 is 0 Å². The smallest absolute Gasteiger partial charge is 0.339 e. The second-order valence-corrected chi connectivity index (χ2v) is 4.79. The predicted molar refractivity (Wildman–Crippen MR) is 78.6 cm³/mol. The van der Waals surface area contributed by atoms with E-state index in [1.54, 1.807) is 18.2 Å². The summed E-state index contributed by atoms with van der Waals surface area (Å²) in [6, 6.07) is 12.5. The van der Waals surface area contributed by atoms with Gasteiger partial charge in [-0.15, -0.1) is 0 Å². The Hall–Kier alpha value is -2.82. The number of carbonyl (C=O) groups is 1. The van der Waals surface area contributed by atoms with Crippen LogP contribution in [-0.2, 0) is 6.61 Å². The highest BCUT2D eigenvalue weighted by atomic mass is 16.5. The minimum atomic E-state index is -1.01. The molecule has 0 spiro atoms. The normalized spacial score (nSPS) is 10.7. The van der Waals surface area contributed by atoms with E-state index in [9.17, 15) is 4.79 Å². The molecule has 1 aromatic heterocycles. The summed E-state index contributed by atoms with van der Waals surface area (Å²) in [5, 5.41) is 9.10. The molecule has 2 N–H and O–H groups in total. The molecule has 5 nitrogen and oxygen atoms in total. The zero-order chi connectivity index (χ0) is 14.8. The maximum atomic E-state index is 11.1. The van der Waals surface area contributed by atoms with Crippen LogP contribution in [0.1, 0.15) is 21.7 Å². The molecule has 0 saturated heterocycles. The Balaban J connectivity index is 1.82. The summed E-state index contributed by atoms with van der Waals surface area (Å²) in [4.78, 5) is 18.7. The fourth-order valence-corrected chi connectivity index (χ4v) is 2.16. The molecule has 3 aromatic rings. The number of nitrogens with zero attached hydrogens (tertiary/aromatic N) is 1. The number of H-pyrrole nitrogens is 1. The van der Waals surface area contributed by atoms with Gasteiger partial charge in [0.1, 0.15) is 23.7 Å². The van der Waals surface area contributed by atoms with Crippen molar-refractivity contribution in [3.05, 3.63) is 59.4 Å². The summed E-state index contributed by atoms with van der Waals surface area (Å²) in [5.41, 5.74) is 3.10. The van der Waals surface area contributed by atoms with Gasteiger partial charge in [-0.1, -0.05) is 18.2 Å². The molecule has 0 aliphatic carbocycles. The first-order valence-electron chi connectivity index (χ1n) is 6.54. The Bertz CT molecular complexity index is 808. The molecule has 2 aromatic carbocycles. The molecule has 0 unspecified atom stereocenters. The van der Waals surface area contributed by atoms with E-state index in [4.69, 9.17) is 9.84 Å². The number of hydrogen-bond donors (Lipinski definition) is 2. The maximum Gasteiger partial charge on any atom is 0.339 e. The summed E-state index contributed by atoms with van der Waals surface area (Å²) in [6.07, 6.45) is 0. The molecule has 1 heterocycles. The molecule has 0 aliphatic rings. The Kier molecular flexibility index (Phi) is 3.31. The predicted octanol–water partition coefficient (Wildman–Crippen LogP) is 3.15. The lowest BCUT2D eigenvalue weighted by Crippen LogP contribution is -2.04. The fourth-order valence-electron chi connectivity index (χ4n) is 2.16. The molecule has 0 fully saturated rings. The molecular formula is C16H14N2O3. The molecule has 21 heavy (non-hydrogen) atoms. The van der Waals surface area contributed by atoms with E-state index in [0.717, 1.165) is 16.6 Å².